The summed E-state index contributed by atoms with van der Waals surface area (Å²) >= 11 is 1.25. The lowest BCUT2D eigenvalue weighted by atomic mass is 10.4. The van der Waals surface area contributed by atoms with Crippen molar-refractivity contribution < 1.29 is 14.3 Å². The Morgan fingerprint density at radius 3 is 2.81 bits per heavy atom. The quantitative estimate of drug-likeness (QED) is 0.764. The van der Waals surface area contributed by atoms with E-state index in [1.807, 2.05) is 0 Å². The molecule has 0 aliphatic rings. The molecule has 2 heterocycles. The molecule has 2 rings (SSSR count). The van der Waals surface area contributed by atoms with E-state index in [4.69, 9.17) is 4.74 Å². The minimum absolute atomic E-state index is 0.200. The number of methoxy groups -OCH3 is 1. The minimum Gasteiger partial charge on any atom is -0.465 e. The molecule has 0 aliphatic heterocycles. The van der Waals surface area contributed by atoms with Crippen molar-refractivity contribution in [1.82, 2.24) is 9.97 Å². The number of esters is 1. The number of carbonyl (C=O) groups is 1. The van der Waals surface area contributed by atoms with Gasteiger partial charge in [-0.2, -0.15) is 0 Å². The lowest BCUT2D eigenvalue weighted by Gasteiger charge is -2.02. The molecule has 0 unspecified atom stereocenters. The number of hydrogen-bond donors (Lipinski definition) is 0. The summed E-state index contributed by atoms with van der Waals surface area (Å²) < 4.78 is 9.98. The van der Waals surface area contributed by atoms with Crippen molar-refractivity contribution in [3.05, 3.63) is 34.8 Å². The Balaban J connectivity index is 2.22. The van der Waals surface area contributed by atoms with E-state index in [1.54, 1.807) is 29.9 Å². The van der Waals surface area contributed by atoms with Crippen LogP contribution in [0.3, 0.4) is 0 Å². The normalized spacial score (nSPS) is 9.81. The van der Waals surface area contributed by atoms with Gasteiger partial charge in [0.15, 0.2) is 10.6 Å². The molecule has 0 aliphatic carbocycles. The second kappa shape index (κ2) is 4.71. The third-order valence-corrected chi connectivity index (χ3v) is 2.62. The zero-order valence-corrected chi connectivity index (χ0v) is 9.23. The second-order valence-corrected chi connectivity index (χ2v) is 3.66. The molecule has 0 bridgehead atoms. The number of thiophene rings is 1. The van der Waals surface area contributed by atoms with Crippen LogP contribution in [-0.4, -0.2) is 23.0 Å². The fourth-order valence-corrected chi connectivity index (χ4v) is 1.79. The molecule has 0 spiro atoms. The van der Waals surface area contributed by atoms with E-state index in [9.17, 15) is 4.79 Å². The summed E-state index contributed by atoms with van der Waals surface area (Å²) in [4.78, 5) is 19.5. The van der Waals surface area contributed by atoms with E-state index in [1.165, 1.54) is 18.4 Å². The monoisotopic (exact) mass is 236 g/mol. The molecular formula is C10H8N2O3S. The van der Waals surface area contributed by atoms with Crippen LogP contribution in [0.25, 0.3) is 0 Å². The molecule has 0 aromatic carbocycles. The number of nitrogens with zero attached hydrogens (tertiary/aromatic N) is 2. The Labute approximate surface area is 95.7 Å². The van der Waals surface area contributed by atoms with Gasteiger partial charge in [-0.25, -0.2) is 14.8 Å². The van der Waals surface area contributed by atoms with Crippen LogP contribution in [0.5, 0.6) is 11.8 Å². The highest BCUT2D eigenvalue weighted by molar-refractivity contribution is 7.12. The van der Waals surface area contributed by atoms with Crippen LogP contribution in [0.15, 0.2) is 29.9 Å². The number of carbonyl (C=O) groups excluding carboxylic acids is 1. The van der Waals surface area contributed by atoms with Crippen molar-refractivity contribution >= 4 is 17.3 Å². The number of aromatic nitrogens is 2. The summed E-state index contributed by atoms with van der Waals surface area (Å²) in [6.45, 7) is 0. The molecule has 82 valence electrons. The van der Waals surface area contributed by atoms with Gasteiger partial charge in [-0.05, 0) is 17.5 Å². The molecule has 2 aromatic heterocycles. The van der Waals surface area contributed by atoms with Crippen molar-refractivity contribution in [3.8, 4) is 11.8 Å². The van der Waals surface area contributed by atoms with Crippen LogP contribution in [-0.2, 0) is 4.74 Å². The maximum atomic E-state index is 11.4. The first-order valence-corrected chi connectivity index (χ1v) is 5.30. The van der Waals surface area contributed by atoms with E-state index in [0.717, 1.165) is 0 Å². The van der Waals surface area contributed by atoms with Gasteiger partial charge in [0.25, 0.3) is 0 Å². The average molecular weight is 236 g/mol. The van der Waals surface area contributed by atoms with Crippen LogP contribution in [0.4, 0.5) is 0 Å². The summed E-state index contributed by atoms with van der Waals surface area (Å²) in [5.74, 6) is -0.0241. The summed E-state index contributed by atoms with van der Waals surface area (Å²) in [6.07, 6.45) is 3.12. The highest BCUT2D eigenvalue weighted by Gasteiger charge is 2.15. The van der Waals surface area contributed by atoms with Gasteiger partial charge in [0.2, 0.25) is 0 Å². The summed E-state index contributed by atoms with van der Waals surface area (Å²) in [7, 11) is 1.32. The van der Waals surface area contributed by atoms with E-state index in [2.05, 4.69) is 14.7 Å². The van der Waals surface area contributed by atoms with Crippen LogP contribution in [0.1, 0.15) is 9.67 Å². The van der Waals surface area contributed by atoms with Crippen molar-refractivity contribution in [2.24, 2.45) is 0 Å². The molecule has 5 nitrogen and oxygen atoms in total. The van der Waals surface area contributed by atoms with Gasteiger partial charge in [0.05, 0.1) is 7.11 Å². The Kier molecular flexibility index (Phi) is 3.11. The summed E-state index contributed by atoms with van der Waals surface area (Å²) in [5, 5.41) is 1.74. The Bertz CT molecular complexity index is 484. The maximum absolute atomic E-state index is 11.4. The summed E-state index contributed by atoms with van der Waals surface area (Å²) in [5.41, 5.74) is 0. The first kappa shape index (κ1) is 10.6. The molecule has 2 aromatic rings. The molecule has 0 saturated heterocycles. The molecule has 6 heteroatoms. The zero-order valence-electron chi connectivity index (χ0n) is 8.41. The largest absolute Gasteiger partial charge is 0.465 e. The highest BCUT2D eigenvalue weighted by Crippen LogP contribution is 2.28. The Morgan fingerprint density at radius 2 is 2.12 bits per heavy atom. The average Bonchev–Trinajstić information content (AvgIpc) is 2.77. The van der Waals surface area contributed by atoms with Crippen molar-refractivity contribution in [2.75, 3.05) is 7.11 Å². The Hall–Kier alpha value is -1.95. The highest BCUT2D eigenvalue weighted by atomic mass is 32.1. The standard InChI is InChI=1S/C10H8N2O3S/c1-14-9(13)8-7(3-6-16-8)15-10-11-4-2-5-12-10/h2-6H,1H3. The van der Waals surface area contributed by atoms with Gasteiger partial charge >= 0.3 is 12.0 Å². The molecule has 0 atom stereocenters. The first-order chi connectivity index (χ1) is 7.81. The summed E-state index contributed by atoms with van der Waals surface area (Å²) in [6, 6.07) is 3.56. The van der Waals surface area contributed by atoms with E-state index < -0.39 is 5.97 Å². The van der Waals surface area contributed by atoms with Gasteiger partial charge in [-0.3, -0.25) is 0 Å². The SMILES string of the molecule is COC(=O)c1sccc1Oc1ncccn1. The molecule has 0 fully saturated rings. The molecular weight excluding hydrogens is 228 g/mol. The molecule has 16 heavy (non-hydrogen) atoms. The van der Waals surface area contributed by atoms with Gasteiger partial charge in [0, 0.05) is 12.4 Å². The molecule has 0 amide bonds. The van der Waals surface area contributed by atoms with Gasteiger partial charge in [-0.15, -0.1) is 11.3 Å². The number of hydrogen-bond acceptors (Lipinski definition) is 6. The topological polar surface area (TPSA) is 61.3 Å². The third kappa shape index (κ3) is 2.17. The van der Waals surface area contributed by atoms with Crippen LogP contribution in [0.2, 0.25) is 0 Å². The van der Waals surface area contributed by atoms with Crippen LogP contribution < -0.4 is 4.74 Å². The van der Waals surface area contributed by atoms with Gasteiger partial charge in [0.1, 0.15) is 0 Å². The molecule has 0 radical (unpaired) electrons. The predicted octanol–water partition coefficient (Wildman–Crippen LogP) is 2.12. The minimum atomic E-state index is -0.430. The number of rotatable bonds is 3. The van der Waals surface area contributed by atoms with E-state index in [0.29, 0.717) is 10.6 Å². The fraction of sp³-hybridized carbons (Fsp3) is 0.100. The van der Waals surface area contributed by atoms with Crippen LogP contribution in [0, 0.1) is 0 Å². The fourth-order valence-electron chi connectivity index (χ4n) is 1.06. The number of ether oxygens (including phenoxy) is 2. The first-order valence-electron chi connectivity index (χ1n) is 4.42. The zero-order chi connectivity index (χ0) is 11.4. The predicted molar refractivity (Wildman–Crippen MR) is 57.8 cm³/mol. The van der Waals surface area contributed by atoms with Crippen molar-refractivity contribution in [3.63, 3.8) is 0 Å². The van der Waals surface area contributed by atoms with Crippen LogP contribution >= 0.6 is 11.3 Å². The Morgan fingerprint density at radius 1 is 1.38 bits per heavy atom. The van der Waals surface area contributed by atoms with Gasteiger partial charge < -0.3 is 9.47 Å². The molecule has 0 N–H and O–H groups in total. The van der Waals surface area contributed by atoms with Crippen molar-refractivity contribution in [2.45, 2.75) is 0 Å². The third-order valence-electron chi connectivity index (χ3n) is 1.74. The smallest absolute Gasteiger partial charge is 0.351 e. The van der Waals surface area contributed by atoms with E-state index >= 15 is 0 Å². The second-order valence-electron chi connectivity index (χ2n) is 2.74. The molecule has 0 saturated carbocycles. The lowest BCUT2D eigenvalue weighted by Crippen LogP contribution is -2.00. The van der Waals surface area contributed by atoms with E-state index in [-0.39, 0.29) is 6.01 Å². The maximum Gasteiger partial charge on any atom is 0.351 e. The van der Waals surface area contributed by atoms with Gasteiger partial charge in [-0.1, -0.05) is 0 Å². The lowest BCUT2D eigenvalue weighted by molar-refractivity contribution is 0.0603. The van der Waals surface area contributed by atoms with Crippen molar-refractivity contribution in [1.29, 1.82) is 0 Å².